The zero-order valence-electron chi connectivity index (χ0n) is 12.4. The van der Waals surface area contributed by atoms with Gasteiger partial charge < -0.3 is 9.73 Å². The largest absolute Gasteiger partial charge is 0.472 e. The molecule has 2 aromatic rings. The quantitative estimate of drug-likeness (QED) is 0.869. The highest BCUT2D eigenvalue weighted by atomic mass is 16.3. The van der Waals surface area contributed by atoms with Gasteiger partial charge in [-0.1, -0.05) is 45.9 Å². The van der Waals surface area contributed by atoms with Crippen LogP contribution in [0.3, 0.4) is 0 Å². The summed E-state index contributed by atoms with van der Waals surface area (Å²) in [5.41, 5.74) is 3.79. The van der Waals surface area contributed by atoms with Gasteiger partial charge in [-0.05, 0) is 29.0 Å². The predicted octanol–water partition coefficient (Wildman–Crippen LogP) is 4.78. The van der Waals surface area contributed by atoms with E-state index in [2.05, 4.69) is 51.2 Å². The molecule has 2 rings (SSSR count). The third-order valence-corrected chi connectivity index (χ3v) is 3.39. The molecule has 0 bridgehead atoms. The lowest BCUT2D eigenvalue weighted by molar-refractivity contribution is 0.102. The van der Waals surface area contributed by atoms with Crippen molar-refractivity contribution in [1.29, 1.82) is 0 Å². The van der Waals surface area contributed by atoms with E-state index in [1.54, 1.807) is 6.07 Å². The van der Waals surface area contributed by atoms with Gasteiger partial charge in [-0.2, -0.15) is 0 Å². The van der Waals surface area contributed by atoms with Gasteiger partial charge in [0.1, 0.15) is 6.26 Å². The van der Waals surface area contributed by atoms with E-state index in [1.165, 1.54) is 12.5 Å². The number of para-hydroxylation sites is 1. The number of nitrogens with one attached hydrogen (secondary N) is 1. The Morgan fingerprint density at radius 2 is 1.65 bits per heavy atom. The maximum absolute atomic E-state index is 12.3. The first-order valence-electron chi connectivity index (χ1n) is 6.97. The molecule has 1 heterocycles. The highest BCUT2D eigenvalue weighted by Gasteiger charge is 2.17. The van der Waals surface area contributed by atoms with E-state index in [0.717, 1.165) is 16.8 Å². The lowest BCUT2D eigenvalue weighted by Gasteiger charge is -2.19. The zero-order chi connectivity index (χ0) is 14.7. The summed E-state index contributed by atoms with van der Waals surface area (Å²) in [6.45, 7) is 8.53. The maximum atomic E-state index is 12.3. The van der Waals surface area contributed by atoms with E-state index in [9.17, 15) is 4.79 Å². The summed E-state index contributed by atoms with van der Waals surface area (Å²) in [5, 5.41) is 3.05. The van der Waals surface area contributed by atoms with Crippen LogP contribution in [-0.4, -0.2) is 5.91 Å². The molecular formula is C17H21NO2. The molecule has 1 N–H and O–H groups in total. The predicted molar refractivity (Wildman–Crippen MR) is 81.3 cm³/mol. The van der Waals surface area contributed by atoms with Crippen molar-refractivity contribution in [3.05, 3.63) is 53.5 Å². The van der Waals surface area contributed by atoms with E-state index < -0.39 is 0 Å². The summed E-state index contributed by atoms with van der Waals surface area (Å²) in [7, 11) is 0. The lowest BCUT2D eigenvalue weighted by Crippen LogP contribution is -2.15. The summed E-state index contributed by atoms with van der Waals surface area (Å²) in [5.74, 6) is 0.579. The van der Waals surface area contributed by atoms with Crippen LogP contribution >= 0.6 is 0 Å². The number of benzene rings is 1. The van der Waals surface area contributed by atoms with Crippen molar-refractivity contribution in [2.45, 2.75) is 39.5 Å². The second kappa shape index (κ2) is 5.95. The fraction of sp³-hybridized carbons (Fsp3) is 0.353. The summed E-state index contributed by atoms with van der Waals surface area (Å²) in [4.78, 5) is 12.3. The molecule has 0 aliphatic rings. The van der Waals surface area contributed by atoms with Crippen molar-refractivity contribution in [2.75, 3.05) is 5.32 Å². The van der Waals surface area contributed by atoms with Crippen LogP contribution < -0.4 is 5.32 Å². The number of rotatable bonds is 4. The van der Waals surface area contributed by atoms with Crippen LogP contribution in [0.25, 0.3) is 0 Å². The average molecular weight is 271 g/mol. The number of carbonyl (C=O) groups is 1. The van der Waals surface area contributed by atoms with E-state index in [4.69, 9.17) is 4.42 Å². The van der Waals surface area contributed by atoms with Crippen LogP contribution in [0.1, 0.15) is 61.0 Å². The first-order valence-corrected chi connectivity index (χ1v) is 6.97. The third-order valence-electron chi connectivity index (χ3n) is 3.39. The Balaban J connectivity index is 2.40. The molecular weight excluding hydrogens is 250 g/mol. The number of furan rings is 1. The lowest BCUT2D eigenvalue weighted by atomic mass is 9.92. The van der Waals surface area contributed by atoms with Crippen LogP contribution in [0, 0.1) is 0 Å². The molecule has 0 aliphatic carbocycles. The molecule has 1 aromatic heterocycles. The molecule has 20 heavy (non-hydrogen) atoms. The van der Waals surface area contributed by atoms with Gasteiger partial charge in [0.05, 0.1) is 11.8 Å². The average Bonchev–Trinajstić information content (AvgIpc) is 2.92. The Bertz CT molecular complexity index is 557. The molecule has 1 aromatic carbocycles. The highest BCUT2D eigenvalue weighted by molar-refractivity contribution is 6.05. The first kappa shape index (κ1) is 14.4. The summed E-state index contributed by atoms with van der Waals surface area (Å²) in [6, 6.07) is 7.86. The Morgan fingerprint density at radius 3 is 2.10 bits per heavy atom. The molecule has 0 unspecified atom stereocenters. The molecule has 0 atom stereocenters. The molecule has 0 fully saturated rings. The molecule has 1 amide bonds. The molecule has 106 valence electrons. The molecule has 0 radical (unpaired) electrons. The normalized spacial score (nSPS) is 11.1. The van der Waals surface area contributed by atoms with Gasteiger partial charge in [0.15, 0.2) is 0 Å². The van der Waals surface area contributed by atoms with Crippen molar-refractivity contribution < 1.29 is 9.21 Å². The van der Waals surface area contributed by atoms with Crippen molar-refractivity contribution in [3.63, 3.8) is 0 Å². The summed E-state index contributed by atoms with van der Waals surface area (Å²) in [6.07, 6.45) is 2.97. The first-order chi connectivity index (χ1) is 9.50. The van der Waals surface area contributed by atoms with Crippen LogP contribution in [0.5, 0.6) is 0 Å². The van der Waals surface area contributed by atoms with Crippen LogP contribution in [-0.2, 0) is 0 Å². The van der Waals surface area contributed by atoms with E-state index in [0.29, 0.717) is 17.4 Å². The Morgan fingerprint density at radius 1 is 1.05 bits per heavy atom. The van der Waals surface area contributed by atoms with Crippen LogP contribution in [0.15, 0.2) is 41.2 Å². The van der Waals surface area contributed by atoms with E-state index in [-0.39, 0.29) is 5.91 Å². The second-order valence-electron chi connectivity index (χ2n) is 5.59. The zero-order valence-corrected chi connectivity index (χ0v) is 12.4. The standard InChI is InChI=1S/C17H21NO2/c1-11(2)14-6-5-7-15(12(3)4)16(14)18-17(19)13-8-9-20-10-13/h5-12H,1-4H3,(H,18,19). The number of anilines is 1. The molecule has 0 saturated heterocycles. The van der Waals surface area contributed by atoms with Gasteiger partial charge in [-0.3, -0.25) is 4.79 Å². The minimum atomic E-state index is -0.131. The monoisotopic (exact) mass is 271 g/mol. The topological polar surface area (TPSA) is 42.2 Å². The van der Waals surface area contributed by atoms with E-state index >= 15 is 0 Å². The molecule has 0 saturated carbocycles. The minimum Gasteiger partial charge on any atom is -0.472 e. The van der Waals surface area contributed by atoms with Crippen molar-refractivity contribution in [3.8, 4) is 0 Å². The SMILES string of the molecule is CC(C)c1cccc(C(C)C)c1NC(=O)c1ccoc1. The van der Waals surface area contributed by atoms with Crippen molar-refractivity contribution in [2.24, 2.45) is 0 Å². The third kappa shape index (κ3) is 2.93. The maximum Gasteiger partial charge on any atom is 0.258 e. The molecule has 0 aliphatic heterocycles. The van der Waals surface area contributed by atoms with Gasteiger partial charge >= 0.3 is 0 Å². The number of amides is 1. The Kier molecular flexibility index (Phi) is 4.28. The Hall–Kier alpha value is -2.03. The van der Waals surface area contributed by atoms with Gasteiger partial charge in [-0.25, -0.2) is 0 Å². The smallest absolute Gasteiger partial charge is 0.258 e. The molecule has 3 heteroatoms. The van der Waals surface area contributed by atoms with Gasteiger partial charge in [0.25, 0.3) is 5.91 Å². The minimum absolute atomic E-state index is 0.131. The fourth-order valence-electron chi connectivity index (χ4n) is 2.27. The fourth-order valence-corrected chi connectivity index (χ4v) is 2.27. The summed E-state index contributed by atoms with van der Waals surface area (Å²) >= 11 is 0. The van der Waals surface area contributed by atoms with Crippen molar-refractivity contribution >= 4 is 11.6 Å². The number of hydrogen-bond donors (Lipinski definition) is 1. The van der Waals surface area contributed by atoms with Gasteiger partial charge in [-0.15, -0.1) is 0 Å². The number of carbonyl (C=O) groups excluding carboxylic acids is 1. The van der Waals surface area contributed by atoms with Crippen molar-refractivity contribution in [1.82, 2.24) is 0 Å². The highest BCUT2D eigenvalue weighted by Crippen LogP contribution is 2.32. The number of hydrogen-bond acceptors (Lipinski definition) is 2. The molecule has 3 nitrogen and oxygen atoms in total. The summed E-state index contributed by atoms with van der Waals surface area (Å²) < 4.78 is 4.97. The van der Waals surface area contributed by atoms with E-state index in [1.807, 2.05) is 0 Å². The van der Waals surface area contributed by atoms with Crippen LogP contribution in [0.2, 0.25) is 0 Å². The van der Waals surface area contributed by atoms with Crippen LogP contribution in [0.4, 0.5) is 5.69 Å². The molecule has 0 spiro atoms. The second-order valence-corrected chi connectivity index (χ2v) is 5.59. The van der Waals surface area contributed by atoms with Gasteiger partial charge in [0.2, 0.25) is 0 Å². The Labute approximate surface area is 120 Å². The van der Waals surface area contributed by atoms with Gasteiger partial charge in [0, 0.05) is 5.69 Å².